The van der Waals surface area contributed by atoms with Gasteiger partial charge in [-0.25, -0.2) is 4.79 Å². The second-order valence-electron chi connectivity index (χ2n) is 6.21. The second-order valence-corrected chi connectivity index (χ2v) is 6.21. The molecule has 1 heterocycles. The SMILES string of the molecule is COc1cccc(C2(N=C=O)CCCC2)c1OC1CCOCC1. The maximum absolute atomic E-state index is 11.0. The predicted octanol–water partition coefficient (Wildman–Crippen LogP) is 3.36. The fraction of sp³-hybridized carbons (Fsp3) is 0.611. The van der Waals surface area contributed by atoms with Crippen molar-refractivity contribution < 1.29 is 19.0 Å². The minimum absolute atomic E-state index is 0.109. The van der Waals surface area contributed by atoms with Gasteiger partial charge in [-0.1, -0.05) is 25.0 Å². The van der Waals surface area contributed by atoms with Crippen molar-refractivity contribution in [1.29, 1.82) is 0 Å². The van der Waals surface area contributed by atoms with Crippen molar-refractivity contribution in [2.75, 3.05) is 20.3 Å². The lowest BCUT2D eigenvalue weighted by Crippen LogP contribution is -2.28. The molecule has 0 bridgehead atoms. The Labute approximate surface area is 136 Å². The largest absolute Gasteiger partial charge is 0.493 e. The molecule has 0 N–H and O–H groups in total. The number of ether oxygens (including phenoxy) is 3. The molecule has 0 spiro atoms. The van der Waals surface area contributed by atoms with Crippen LogP contribution >= 0.6 is 0 Å². The van der Waals surface area contributed by atoms with Crippen LogP contribution in [-0.4, -0.2) is 32.5 Å². The van der Waals surface area contributed by atoms with Gasteiger partial charge in [0.2, 0.25) is 6.08 Å². The minimum Gasteiger partial charge on any atom is -0.493 e. The average molecular weight is 317 g/mol. The molecule has 1 aromatic carbocycles. The maximum Gasteiger partial charge on any atom is 0.235 e. The summed E-state index contributed by atoms with van der Waals surface area (Å²) < 4.78 is 17.2. The number of nitrogens with zero attached hydrogens (tertiary/aromatic N) is 1. The molecular formula is C18H23NO4. The van der Waals surface area contributed by atoms with E-state index in [0.717, 1.165) is 49.8 Å². The molecule has 5 nitrogen and oxygen atoms in total. The van der Waals surface area contributed by atoms with E-state index in [9.17, 15) is 4.79 Å². The molecule has 1 saturated carbocycles. The third kappa shape index (κ3) is 3.26. The zero-order valence-corrected chi connectivity index (χ0v) is 13.5. The van der Waals surface area contributed by atoms with E-state index >= 15 is 0 Å². The molecule has 0 aromatic heterocycles. The molecular weight excluding hydrogens is 294 g/mol. The van der Waals surface area contributed by atoms with Gasteiger partial charge in [-0.05, 0) is 18.9 Å². The number of para-hydroxylation sites is 1. The number of rotatable bonds is 5. The van der Waals surface area contributed by atoms with E-state index in [4.69, 9.17) is 14.2 Å². The van der Waals surface area contributed by atoms with E-state index in [2.05, 4.69) is 4.99 Å². The Morgan fingerprint density at radius 2 is 2.00 bits per heavy atom. The van der Waals surface area contributed by atoms with Crippen LogP contribution in [0.4, 0.5) is 0 Å². The van der Waals surface area contributed by atoms with Crippen LogP contribution in [0.25, 0.3) is 0 Å². The van der Waals surface area contributed by atoms with Gasteiger partial charge in [0.05, 0.1) is 20.3 Å². The molecule has 124 valence electrons. The number of aliphatic imine (C=N–C) groups is 1. The highest BCUT2D eigenvalue weighted by molar-refractivity contribution is 5.52. The van der Waals surface area contributed by atoms with E-state index in [-0.39, 0.29) is 6.10 Å². The summed E-state index contributed by atoms with van der Waals surface area (Å²) in [7, 11) is 1.64. The van der Waals surface area contributed by atoms with Gasteiger partial charge in [0, 0.05) is 18.4 Å². The molecule has 1 aromatic rings. The zero-order chi connectivity index (χ0) is 16.1. The summed E-state index contributed by atoms with van der Waals surface area (Å²) in [5.74, 6) is 1.42. The standard InChI is InChI=1S/C18H23NO4/c1-21-16-6-4-5-15(18(19-13-20)9-2-3-10-18)17(16)23-14-7-11-22-12-8-14/h4-6,14H,2-3,7-12H2,1H3. The van der Waals surface area contributed by atoms with Crippen LogP contribution in [0.15, 0.2) is 23.2 Å². The second kappa shape index (κ2) is 7.16. The Morgan fingerprint density at radius 1 is 1.26 bits per heavy atom. The lowest BCUT2D eigenvalue weighted by molar-refractivity contribution is 0.0237. The predicted molar refractivity (Wildman–Crippen MR) is 85.7 cm³/mol. The normalized spacial score (nSPS) is 20.7. The van der Waals surface area contributed by atoms with Crippen LogP contribution in [0.3, 0.4) is 0 Å². The Bertz CT molecular complexity index is 583. The van der Waals surface area contributed by atoms with Crippen molar-refractivity contribution in [1.82, 2.24) is 0 Å². The molecule has 1 aliphatic carbocycles. The zero-order valence-electron chi connectivity index (χ0n) is 13.5. The maximum atomic E-state index is 11.0. The highest BCUT2D eigenvalue weighted by Crippen LogP contribution is 2.48. The summed E-state index contributed by atoms with van der Waals surface area (Å²) >= 11 is 0. The van der Waals surface area contributed by atoms with Crippen molar-refractivity contribution in [2.24, 2.45) is 4.99 Å². The smallest absolute Gasteiger partial charge is 0.235 e. The van der Waals surface area contributed by atoms with Crippen molar-refractivity contribution in [2.45, 2.75) is 50.2 Å². The lowest BCUT2D eigenvalue weighted by Gasteiger charge is -2.30. The molecule has 23 heavy (non-hydrogen) atoms. The van der Waals surface area contributed by atoms with E-state index in [1.165, 1.54) is 0 Å². The lowest BCUT2D eigenvalue weighted by atomic mass is 9.88. The van der Waals surface area contributed by atoms with Crippen LogP contribution in [-0.2, 0) is 15.1 Å². The molecule has 2 fully saturated rings. The van der Waals surface area contributed by atoms with Gasteiger partial charge in [-0.3, -0.25) is 0 Å². The number of carbonyl (C=O) groups excluding carboxylic acids is 1. The van der Waals surface area contributed by atoms with E-state index in [1.54, 1.807) is 13.2 Å². The Balaban J connectivity index is 2.00. The molecule has 2 aliphatic rings. The summed E-state index contributed by atoms with van der Waals surface area (Å²) in [6, 6.07) is 5.83. The van der Waals surface area contributed by atoms with Crippen molar-refractivity contribution in [3.63, 3.8) is 0 Å². The van der Waals surface area contributed by atoms with Gasteiger partial charge in [-0.15, -0.1) is 0 Å². The van der Waals surface area contributed by atoms with Crippen molar-refractivity contribution >= 4 is 6.08 Å². The molecule has 0 amide bonds. The van der Waals surface area contributed by atoms with Gasteiger partial charge >= 0.3 is 0 Å². The summed E-state index contributed by atoms with van der Waals surface area (Å²) in [5.41, 5.74) is 0.431. The van der Waals surface area contributed by atoms with Gasteiger partial charge in [0.25, 0.3) is 0 Å². The first-order valence-corrected chi connectivity index (χ1v) is 8.30. The highest BCUT2D eigenvalue weighted by Gasteiger charge is 2.39. The number of hydrogen-bond donors (Lipinski definition) is 0. The fourth-order valence-electron chi connectivity index (χ4n) is 3.61. The summed E-state index contributed by atoms with van der Waals surface area (Å²) in [5, 5.41) is 0. The van der Waals surface area contributed by atoms with Crippen molar-refractivity contribution in [3.8, 4) is 11.5 Å². The Morgan fingerprint density at radius 3 is 2.65 bits per heavy atom. The molecule has 5 heteroatoms. The van der Waals surface area contributed by atoms with E-state index < -0.39 is 5.54 Å². The first-order chi connectivity index (χ1) is 11.3. The third-order valence-electron chi connectivity index (χ3n) is 4.84. The first kappa shape index (κ1) is 16.0. The molecule has 1 saturated heterocycles. The number of methoxy groups -OCH3 is 1. The molecule has 0 unspecified atom stereocenters. The van der Waals surface area contributed by atoms with Crippen LogP contribution in [0, 0.1) is 0 Å². The van der Waals surface area contributed by atoms with E-state index in [0.29, 0.717) is 19.0 Å². The van der Waals surface area contributed by atoms with Crippen LogP contribution in [0.2, 0.25) is 0 Å². The molecule has 3 rings (SSSR count). The number of benzene rings is 1. The van der Waals surface area contributed by atoms with Crippen LogP contribution in [0.1, 0.15) is 44.1 Å². The van der Waals surface area contributed by atoms with Gasteiger partial charge in [-0.2, -0.15) is 4.99 Å². The Kier molecular flexibility index (Phi) is 4.99. The minimum atomic E-state index is -0.517. The molecule has 0 atom stereocenters. The van der Waals surface area contributed by atoms with Crippen molar-refractivity contribution in [3.05, 3.63) is 23.8 Å². The first-order valence-electron chi connectivity index (χ1n) is 8.30. The van der Waals surface area contributed by atoms with E-state index in [1.807, 2.05) is 18.2 Å². The monoisotopic (exact) mass is 317 g/mol. The fourth-order valence-corrected chi connectivity index (χ4v) is 3.61. The summed E-state index contributed by atoms with van der Waals surface area (Å²) in [4.78, 5) is 15.2. The summed E-state index contributed by atoms with van der Waals surface area (Å²) in [6.45, 7) is 1.43. The highest BCUT2D eigenvalue weighted by atomic mass is 16.5. The third-order valence-corrected chi connectivity index (χ3v) is 4.84. The average Bonchev–Trinajstić information content (AvgIpc) is 3.06. The number of isocyanates is 1. The number of hydrogen-bond acceptors (Lipinski definition) is 5. The Hall–Kier alpha value is -1.84. The van der Waals surface area contributed by atoms with Crippen LogP contribution in [0.5, 0.6) is 11.5 Å². The quantitative estimate of drug-likeness (QED) is 0.617. The van der Waals surface area contributed by atoms with Crippen LogP contribution < -0.4 is 9.47 Å². The van der Waals surface area contributed by atoms with Gasteiger partial charge in [0.15, 0.2) is 11.5 Å². The van der Waals surface area contributed by atoms with Gasteiger partial charge < -0.3 is 14.2 Å². The summed E-state index contributed by atoms with van der Waals surface area (Å²) in [6.07, 6.45) is 7.41. The van der Waals surface area contributed by atoms with Gasteiger partial charge in [0.1, 0.15) is 11.6 Å². The topological polar surface area (TPSA) is 57.1 Å². The molecule has 0 radical (unpaired) electrons. The molecule has 1 aliphatic heterocycles.